The van der Waals surface area contributed by atoms with Crippen molar-refractivity contribution in [2.75, 3.05) is 26.4 Å². The number of hydroxylamine groups is 2. The highest BCUT2D eigenvalue weighted by molar-refractivity contribution is 6.30. The summed E-state index contributed by atoms with van der Waals surface area (Å²) >= 11 is 5.96. The van der Waals surface area contributed by atoms with Gasteiger partial charge in [0.1, 0.15) is 23.5 Å². The Bertz CT molecular complexity index is 1900. The Labute approximate surface area is 278 Å². The molecule has 2 saturated heterocycles. The number of halogens is 5. The smallest absolute Gasteiger partial charge is 0.470 e. The van der Waals surface area contributed by atoms with Gasteiger partial charge >= 0.3 is 12.1 Å². The monoisotopic (exact) mass is 682 g/mol. The number of benzene rings is 2. The second kappa shape index (κ2) is 12.4. The predicted molar refractivity (Wildman–Crippen MR) is 170 cm³/mol. The van der Waals surface area contributed by atoms with Crippen molar-refractivity contribution < 1.29 is 31.9 Å². The van der Waals surface area contributed by atoms with Gasteiger partial charge in [0.25, 0.3) is 0 Å². The first-order valence-electron chi connectivity index (χ1n) is 15.9. The number of ether oxygens (including phenoxy) is 2. The molecule has 250 valence electrons. The van der Waals surface area contributed by atoms with Crippen molar-refractivity contribution in [2.24, 2.45) is 4.99 Å². The summed E-state index contributed by atoms with van der Waals surface area (Å²) in [6.07, 6.45) is 2.08. The molecule has 0 bridgehead atoms. The Kier molecular flexibility index (Phi) is 8.10. The number of aromatic amines is 1. The molecule has 0 aliphatic carbocycles. The molecule has 9 nitrogen and oxygen atoms in total. The lowest BCUT2D eigenvalue weighted by molar-refractivity contribution is -0.155. The second-order valence-electron chi connectivity index (χ2n) is 12.5. The standard InChI is InChI=1S/C34H31ClF4N6O3/c35-21-5-6-24(25(36)14-21)29-7-4-20-2-1-3-23(31(20)47-29)19-8-11-44(12-9-19)18-45-32(43-33(48-45)34(37,38)39)27-16-26-28(17-40-27)42-30(41-26)15-22-10-13-46-22/h1-7,14,16-17,19,22,29,32H,8-13,15,18H2,(H,41,42)/t22-,29-,32?/m1/s1. The molecule has 4 aliphatic heterocycles. The van der Waals surface area contributed by atoms with Crippen LogP contribution in [-0.4, -0.2) is 69.5 Å². The minimum Gasteiger partial charge on any atom is -0.481 e. The topological polar surface area (TPSA) is 88.1 Å². The molecule has 0 radical (unpaired) electrons. The van der Waals surface area contributed by atoms with Crippen LogP contribution in [0, 0.1) is 5.82 Å². The zero-order valence-electron chi connectivity index (χ0n) is 25.6. The largest absolute Gasteiger partial charge is 0.481 e. The Morgan fingerprint density at radius 3 is 2.62 bits per heavy atom. The molecule has 2 fully saturated rings. The van der Waals surface area contributed by atoms with Crippen molar-refractivity contribution in [1.82, 2.24) is 24.9 Å². The van der Waals surface area contributed by atoms with Gasteiger partial charge in [0.15, 0.2) is 6.17 Å². The van der Waals surface area contributed by atoms with Gasteiger partial charge in [0.05, 0.1) is 35.7 Å². The molecular formula is C34H31ClF4N6O3. The molecule has 1 unspecified atom stereocenters. The first-order valence-corrected chi connectivity index (χ1v) is 16.3. The van der Waals surface area contributed by atoms with Crippen LogP contribution in [-0.2, 0) is 16.0 Å². The number of imidazole rings is 1. The molecule has 8 rings (SSSR count). The number of nitrogens with zero attached hydrogens (tertiary/aromatic N) is 5. The quantitative estimate of drug-likeness (QED) is 0.205. The van der Waals surface area contributed by atoms with E-state index in [1.54, 1.807) is 24.4 Å². The second-order valence-corrected chi connectivity index (χ2v) is 12.9. The zero-order chi connectivity index (χ0) is 33.0. The van der Waals surface area contributed by atoms with Crippen LogP contribution in [0.1, 0.15) is 65.7 Å². The zero-order valence-corrected chi connectivity index (χ0v) is 26.3. The van der Waals surface area contributed by atoms with Gasteiger partial charge in [-0.3, -0.25) is 9.88 Å². The van der Waals surface area contributed by atoms with E-state index in [1.165, 1.54) is 11.1 Å². The van der Waals surface area contributed by atoms with Crippen molar-refractivity contribution in [3.8, 4) is 5.75 Å². The predicted octanol–water partition coefficient (Wildman–Crippen LogP) is 7.27. The third kappa shape index (κ3) is 6.15. The van der Waals surface area contributed by atoms with E-state index in [0.717, 1.165) is 42.8 Å². The average Bonchev–Trinajstić information content (AvgIpc) is 3.66. The van der Waals surface area contributed by atoms with Crippen molar-refractivity contribution in [3.63, 3.8) is 0 Å². The van der Waals surface area contributed by atoms with Gasteiger partial charge < -0.3 is 19.3 Å². The number of likely N-dealkylation sites (tertiary alicyclic amines) is 1. The van der Waals surface area contributed by atoms with E-state index >= 15 is 0 Å². The maximum Gasteiger partial charge on any atom is 0.470 e. The molecular weight excluding hydrogens is 652 g/mol. The van der Waals surface area contributed by atoms with Crippen LogP contribution in [0.3, 0.4) is 0 Å². The Morgan fingerprint density at radius 2 is 1.88 bits per heavy atom. The van der Waals surface area contributed by atoms with Crippen molar-refractivity contribution in [2.45, 2.75) is 56.2 Å². The minimum absolute atomic E-state index is 0.0923. The summed E-state index contributed by atoms with van der Waals surface area (Å²) in [6, 6.07) is 12.2. The third-order valence-electron chi connectivity index (χ3n) is 9.28. The van der Waals surface area contributed by atoms with Crippen LogP contribution in [0.25, 0.3) is 17.1 Å². The van der Waals surface area contributed by atoms with Crippen LogP contribution < -0.4 is 4.74 Å². The van der Waals surface area contributed by atoms with Crippen molar-refractivity contribution in [3.05, 3.63) is 93.8 Å². The highest BCUT2D eigenvalue weighted by Gasteiger charge is 2.47. The first kappa shape index (κ1) is 31.2. The fourth-order valence-electron chi connectivity index (χ4n) is 6.68. The van der Waals surface area contributed by atoms with Gasteiger partial charge in [-0.15, -0.1) is 0 Å². The number of fused-ring (bicyclic) bond motifs is 2. The normalized spacial score (nSPS) is 23.4. The molecule has 0 saturated carbocycles. The molecule has 0 amide bonds. The molecule has 0 spiro atoms. The van der Waals surface area contributed by atoms with E-state index in [9.17, 15) is 17.6 Å². The number of aliphatic imine (C=N–C) groups is 1. The van der Waals surface area contributed by atoms with Crippen molar-refractivity contribution in [1.29, 1.82) is 0 Å². The Hall–Kier alpha value is -4.04. The molecule has 14 heteroatoms. The minimum atomic E-state index is -4.75. The number of nitrogens with one attached hydrogen (secondary N) is 1. The lowest BCUT2D eigenvalue weighted by Crippen LogP contribution is -2.42. The Morgan fingerprint density at radius 1 is 1.04 bits per heavy atom. The molecule has 1 N–H and O–H groups in total. The highest BCUT2D eigenvalue weighted by Crippen LogP contribution is 2.42. The van der Waals surface area contributed by atoms with E-state index in [4.69, 9.17) is 25.9 Å². The van der Waals surface area contributed by atoms with Crippen LogP contribution in [0.5, 0.6) is 5.75 Å². The number of para-hydroxylation sites is 1. The summed E-state index contributed by atoms with van der Waals surface area (Å²) in [6.45, 7) is 2.03. The van der Waals surface area contributed by atoms with Crippen LogP contribution in [0.4, 0.5) is 17.6 Å². The summed E-state index contributed by atoms with van der Waals surface area (Å²) in [5.41, 5.74) is 3.92. The third-order valence-corrected chi connectivity index (χ3v) is 9.52. The van der Waals surface area contributed by atoms with Gasteiger partial charge in [-0.2, -0.15) is 13.2 Å². The van der Waals surface area contributed by atoms with Crippen LogP contribution in [0.2, 0.25) is 5.02 Å². The summed E-state index contributed by atoms with van der Waals surface area (Å²) in [7, 11) is 0. The first-order chi connectivity index (χ1) is 23.2. The number of rotatable bonds is 7. The molecule has 4 aliphatic rings. The average molecular weight is 683 g/mol. The van der Waals surface area contributed by atoms with Crippen molar-refractivity contribution >= 4 is 34.6 Å². The maximum absolute atomic E-state index is 14.7. The van der Waals surface area contributed by atoms with Crippen LogP contribution >= 0.6 is 11.6 Å². The molecule has 2 aromatic heterocycles. The van der Waals surface area contributed by atoms with E-state index in [1.807, 2.05) is 35.3 Å². The number of aromatic nitrogens is 3. The molecule has 6 heterocycles. The van der Waals surface area contributed by atoms with Gasteiger partial charge in [0, 0.05) is 42.3 Å². The fraction of sp³-hybridized carbons (Fsp3) is 0.382. The molecule has 3 atom stereocenters. The summed E-state index contributed by atoms with van der Waals surface area (Å²) in [5.74, 6) is -0.146. The number of piperidine rings is 1. The summed E-state index contributed by atoms with van der Waals surface area (Å²) < 4.78 is 67.9. The molecule has 48 heavy (non-hydrogen) atoms. The number of hydrogen-bond donors (Lipinski definition) is 1. The fourth-order valence-corrected chi connectivity index (χ4v) is 6.84. The molecule has 2 aromatic carbocycles. The van der Waals surface area contributed by atoms with Gasteiger partial charge in [0.2, 0.25) is 0 Å². The van der Waals surface area contributed by atoms with Gasteiger partial charge in [-0.05, 0) is 55.0 Å². The maximum atomic E-state index is 14.7. The molecule has 4 aromatic rings. The number of H-pyrrole nitrogens is 1. The van der Waals surface area contributed by atoms with Gasteiger partial charge in [-0.25, -0.2) is 14.4 Å². The lowest BCUT2D eigenvalue weighted by Gasteiger charge is -2.36. The SMILES string of the molecule is Fc1cc(Cl)ccc1[C@H]1C=Cc2cccc(C3CCN(CN4OC(C(F)(F)F)=NC4c4cc5nc(C[C@H]6CCO6)[nH]c5cn4)CC3)c2O1. The lowest BCUT2D eigenvalue weighted by atomic mass is 9.87. The van der Waals surface area contributed by atoms with E-state index in [0.29, 0.717) is 52.6 Å². The van der Waals surface area contributed by atoms with E-state index in [2.05, 4.69) is 19.9 Å². The number of hydrogen-bond acceptors (Lipinski definition) is 8. The Balaban J connectivity index is 0.962. The number of pyridine rings is 1. The highest BCUT2D eigenvalue weighted by atomic mass is 35.5. The summed E-state index contributed by atoms with van der Waals surface area (Å²) in [4.78, 5) is 23.5. The number of alkyl halides is 3. The van der Waals surface area contributed by atoms with E-state index in [-0.39, 0.29) is 18.7 Å². The van der Waals surface area contributed by atoms with E-state index < -0.39 is 30.2 Å². The van der Waals surface area contributed by atoms with Crippen LogP contribution in [0.15, 0.2) is 59.7 Å². The van der Waals surface area contributed by atoms with Gasteiger partial charge in [-0.1, -0.05) is 47.0 Å². The summed E-state index contributed by atoms with van der Waals surface area (Å²) in [5, 5.41) is 1.55.